The molecule has 0 spiro atoms. The maximum Gasteiger partial charge on any atom is 0.326 e. The van der Waals surface area contributed by atoms with Crippen LogP contribution in [0, 0.1) is 0 Å². The van der Waals surface area contributed by atoms with E-state index in [-0.39, 0.29) is 25.3 Å². The third-order valence-corrected chi connectivity index (χ3v) is 2.21. The van der Waals surface area contributed by atoms with Crippen LogP contribution in [0.4, 0.5) is 0 Å². The quantitative estimate of drug-likeness (QED) is 0.501. The number of carboxylic acids is 1. The molecule has 0 aliphatic heterocycles. The first kappa shape index (κ1) is 14.7. The number of carbonyl (C=O) groups is 3. The normalized spacial score (nSPS) is 11.6. The largest absolute Gasteiger partial charge is 0.480 e. The molecule has 2 amide bonds. The van der Waals surface area contributed by atoms with Gasteiger partial charge in [0.05, 0.1) is 12.8 Å². The minimum atomic E-state index is -1.25. The maximum absolute atomic E-state index is 11.4. The van der Waals surface area contributed by atoms with Crippen LogP contribution >= 0.6 is 0 Å². The zero-order valence-corrected chi connectivity index (χ0v) is 9.96. The Morgan fingerprint density at radius 1 is 1.37 bits per heavy atom. The molecule has 1 heterocycles. The van der Waals surface area contributed by atoms with Crippen molar-refractivity contribution in [1.29, 1.82) is 0 Å². The summed E-state index contributed by atoms with van der Waals surface area (Å²) in [5, 5.41) is 21.8. The highest BCUT2D eigenvalue weighted by atomic mass is 16.4. The van der Waals surface area contributed by atoms with Gasteiger partial charge in [-0.2, -0.15) is 0 Å². The van der Waals surface area contributed by atoms with Crippen LogP contribution in [0.1, 0.15) is 17.0 Å². The van der Waals surface area contributed by atoms with Gasteiger partial charge < -0.3 is 25.3 Å². The summed E-state index contributed by atoms with van der Waals surface area (Å²) >= 11 is 0. The molecule has 8 nitrogen and oxygen atoms in total. The van der Waals surface area contributed by atoms with Crippen LogP contribution in [0.5, 0.6) is 0 Å². The average molecular weight is 270 g/mol. The summed E-state index contributed by atoms with van der Waals surface area (Å²) in [5.74, 6) is -2.44. The summed E-state index contributed by atoms with van der Waals surface area (Å²) in [6, 6.07) is 1.77. The fourth-order valence-electron chi connectivity index (χ4n) is 1.29. The van der Waals surface area contributed by atoms with Gasteiger partial charge in [-0.25, -0.2) is 4.79 Å². The van der Waals surface area contributed by atoms with E-state index in [1.807, 2.05) is 0 Å². The highest BCUT2D eigenvalue weighted by Gasteiger charge is 2.19. The van der Waals surface area contributed by atoms with Crippen molar-refractivity contribution < 1.29 is 29.0 Å². The first-order valence-electron chi connectivity index (χ1n) is 5.49. The SMILES string of the molecule is O=C(CNC(=O)c1ccco1)NC(CCO)C(=O)O. The van der Waals surface area contributed by atoms with Crippen molar-refractivity contribution in [3.8, 4) is 0 Å². The Kier molecular flexibility index (Phi) is 5.55. The Bertz CT molecular complexity index is 442. The fourth-order valence-corrected chi connectivity index (χ4v) is 1.29. The number of carboxylic acid groups (broad SMARTS) is 1. The lowest BCUT2D eigenvalue weighted by molar-refractivity contribution is -0.142. The number of rotatable bonds is 7. The van der Waals surface area contributed by atoms with Gasteiger partial charge in [0, 0.05) is 13.0 Å². The second-order valence-electron chi connectivity index (χ2n) is 3.63. The molecular formula is C11H14N2O6. The van der Waals surface area contributed by atoms with Crippen LogP contribution < -0.4 is 10.6 Å². The van der Waals surface area contributed by atoms with E-state index in [1.54, 1.807) is 0 Å². The number of amides is 2. The van der Waals surface area contributed by atoms with Crippen LogP contribution in [0.3, 0.4) is 0 Å². The maximum atomic E-state index is 11.4. The summed E-state index contributed by atoms with van der Waals surface area (Å²) in [7, 11) is 0. The van der Waals surface area contributed by atoms with Gasteiger partial charge in [0.15, 0.2) is 5.76 Å². The van der Waals surface area contributed by atoms with E-state index in [0.717, 1.165) is 0 Å². The van der Waals surface area contributed by atoms with Crippen molar-refractivity contribution in [3.05, 3.63) is 24.2 Å². The minimum Gasteiger partial charge on any atom is -0.480 e. The first-order chi connectivity index (χ1) is 9.04. The molecule has 0 saturated heterocycles. The molecule has 8 heteroatoms. The molecule has 1 unspecified atom stereocenters. The Labute approximate surface area is 108 Å². The molecule has 1 aromatic heterocycles. The molecule has 1 atom stereocenters. The molecule has 4 N–H and O–H groups in total. The fraction of sp³-hybridized carbons (Fsp3) is 0.364. The van der Waals surface area contributed by atoms with Crippen LogP contribution in [0.25, 0.3) is 0 Å². The number of hydrogen-bond acceptors (Lipinski definition) is 5. The third-order valence-electron chi connectivity index (χ3n) is 2.21. The van der Waals surface area contributed by atoms with Gasteiger partial charge in [0.25, 0.3) is 5.91 Å². The lowest BCUT2D eigenvalue weighted by Gasteiger charge is -2.13. The van der Waals surface area contributed by atoms with Gasteiger partial charge in [-0.05, 0) is 12.1 Å². The zero-order valence-electron chi connectivity index (χ0n) is 9.96. The van der Waals surface area contributed by atoms with Crippen LogP contribution in [0.2, 0.25) is 0 Å². The van der Waals surface area contributed by atoms with Gasteiger partial charge in [0.2, 0.25) is 5.91 Å². The summed E-state index contributed by atoms with van der Waals surface area (Å²) in [6.07, 6.45) is 1.21. The van der Waals surface area contributed by atoms with Crippen molar-refractivity contribution in [1.82, 2.24) is 10.6 Å². The van der Waals surface area contributed by atoms with Crippen LogP contribution in [-0.2, 0) is 9.59 Å². The highest BCUT2D eigenvalue weighted by Crippen LogP contribution is 1.98. The molecule has 1 aromatic rings. The number of furan rings is 1. The Balaban J connectivity index is 2.38. The van der Waals surface area contributed by atoms with Gasteiger partial charge in [-0.1, -0.05) is 0 Å². The molecule has 0 saturated carbocycles. The van der Waals surface area contributed by atoms with Crippen LogP contribution in [-0.4, -0.2) is 47.2 Å². The lowest BCUT2D eigenvalue weighted by atomic mass is 10.2. The Morgan fingerprint density at radius 3 is 2.63 bits per heavy atom. The van der Waals surface area contributed by atoms with Crippen molar-refractivity contribution in [3.63, 3.8) is 0 Å². The Morgan fingerprint density at radius 2 is 2.11 bits per heavy atom. The van der Waals surface area contributed by atoms with Gasteiger partial charge in [-0.3, -0.25) is 9.59 Å². The third kappa shape index (κ3) is 4.80. The number of nitrogens with one attached hydrogen (secondary N) is 2. The monoisotopic (exact) mass is 270 g/mol. The molecule has 104 valence electrons. The number of aliphatic hydroxyl groups is 1. The molecule has 0 aliphatic carbocycles. The molecule has 0 aliphatic rings. The van der Waals surface area contributed by atoms with E-state index in [9.17, 15) is 14.4 Å². The Hall–Kier alpha value is -2.35. The number of aliphatic hydroxyl groups excluding tert-OH is 1. The van der Waals surface area contributed by atoms with Crippen molar-refractivity contribution in [2.24, 2.45) is 0 Å². The van der Waals surface area contributed by atoms with Gasteiger partial charge in [-0.15, -0.1) is 0 Å². The van der Waals surface area contributed by atoms with E-state index in [4.69, 9.17) is 14.6 Å². The van der Waals surface area contributed by atoms with E-state index < -0.39 is 23.8 Å². The predicted octanol–water partition coefficient (Wildman–Crippen LogP) is -1.04. The lowest BCUT2D eigenvalue weighted by Crippen LogP contribution is -2.45. The molecule has 0 radical (unpaired) electrons. The molecule has 1 rings (SSSR count). The summed E-state index contributed by atoms with van der Waals surface area (Å²) in [6.45, 7) is -0.745. The average Bonchev–Trinajstić information content (AvgIpc) is 2.89. The standard InChI is InChI=1S/C11H14N2O6/c14-4-3-7(11(17)18)13-9(15)6-12-10(16)8-2-1-5-19-8/h1-2,5,7,14H,3-4,6H2,(H,12,16)(H,13,15)(H,17,18). The first-order valence-corrected chi connectivity index (χ1v) is 5.49. The highest BCUT2D eigenvalue weighted by molar-refractivity contribution is 5.94. The van der Waals surface area contributed by atoms with E-state index >= 15 is 0 Å². The molecule has 0 fully saturated rings. The smallest absolute Gasteiger partial charge is 0.326 e. The number of aliphatic carboxylic acids is 1. The summed E-state index contributed by atoms with van der Waals surface area (Å²) < 4.78 is 4.81. The number of carbonyl (C=O) groups excluding carboxylic acids is 2. The minimum absolute atomic E-state index is 0.0537. The molecule has 19 heavy (non-hydrogen) atoms. The van der Waals surface area contributed by atoms with E-state index in [2.05, 4.69) is 10.6 Å². The van der Waals surface area contributed by atoms with Crippen molar-refractivity contribution in [2.45, 2.75) is 12.5 Å². The molecule has 0 bridgehead atoms. The van der Waals surface area contributed by atoms with Crippen LogP contribution in [0.15, 0.2) is 22.8 Å². The second-order valence-corrected chi connectivity index (χ2v) is 3.63. The molecule has 0 aromatic carbocycles. The zero-order chi connectivity index (χ0) is 14.3. The topological polar surface area (TPSA) is 129 Å². The second kappa shape index (κ2) is 7.17. The summed E-state index contributed by atoms with van der Waals surface area (Å²) in [5.41, 5.74) is 0. The van der Waals surface area contributed by atoms with E-state index in [1.165, 1.54) is 18.4 Å². The number of hydrogen-bond donors (Lipinski definition) is 4. The van der Waals surface area contributed by atoms with E-state index in [0.29, 0.717) is 0 Å². The molecular weight excluding hydrogens is 256 g/mol. The predicted molar refractivity (Wildman–Crippen MR) is 62.3 cm³/mol. The summed E-state index contributed by atoms with van der Waals surface area (Å²) in [4.78, 5) is 33.5. The van der Waals surface area contributed by atoms with Crippen molar-refractivity contribution >= 4 is 17.8 Å². The van der Waals surface area contributed by atoms with Crippen molar-refractivity contribution in [2.75, 3.05) is 13.2 Å². The van der Waals surface area contributed by atoms with Gasteiger partial charge in [0.1, 0.15) is 6.04 Å². The van der Waals surface area contributed by atoms with Gasteiger partial charge >= 0.3 is 5.97 Å².